The highest BCUT2D eigenvalue weighted by Gasteiger charge is 2.29. The Labute approximate surface area is 170 Å². The summed E-state index contributed by atoms with van der Waals surface area (Å²) in [6.07, 6.45) is 0. The molecular formula is C20H20FN5O2S. The SMILES string of the molecule is Cc1nc(C(C)(C)NC(=O)c2cc3c(C)nn(Cc4ccc(F)cc4)c3s2)no1. The van der Waals surface area contributed by atoms with Gasteiger partial charge in [0, 0.05) is 12.3 Å². The van der Waals surface area contributed by atoms with Gasteiger partial charge in [-0.25, -0.2) is 4.39 Å². The molecule has 0 unspecified atom stereocenters. The Kier molecular flexibility index (Phi) is 4.70. The van der Waals surface area contributed by atoms with Crippen molar-refractivity contribution in [3.05, 3.63) is 64.0 Å². The van der Waals surface area contributed by atoms with Crippen molar-refractivity contribution in [3.63, 3.8) is 0 Å². The van der Waals surface area contributed by atoms with E-state index >= 15 is 0 Å². The van der Waals surface area contributed by atoms with Gasteiger partial charge in [-0.2, -0.15) is 10.1 Å². The Hall–Kier alpha value is -3.07. The summed E-state index contributed by atoms with van der Waals surface area (Å²) >= 11 is 1.37. The van der Waals surface area contributed by atoms with Crippen molar-refractivity contribution in [1.82, 2.24) is 25.2 Å². The first-order chi connectivity index (χ1) is 13.7. The molecule has 0 aliphatic heterocycles. The number of amides is 1. The van der Waals surface area contributed by atoms with Gasteiger partial charge < -0.3 is 9.84 Å². The molecule has 0 bridgehead atoms. The van der Waals surface area contributed by atoms with Crippen LogP contribution in [-0.4, -0.2) is 25.8 Å². The number of fused-ring (bicyclic) bond motifs is 1. The number of carbonyl (C=O) groups is 1. The maximum Gasteiger partial charge on any atom is 0.262 e. The van der Waals surface area contributed by atoms with Crippen LogP contribution in [0.2, 0.25) is 0 Å². The molecule has 3 heterocycles. The number of halogens is 1. The molecule has 9 heteroatoms. The van der Waals surface area contributed by atoms with Gasteiger partial charge in [-0.3, -0.25) is 9.48 Å². The molecule has 1 N–H and O–H groups in total. The summed E-state index contributed by atoms with van der Waals surface area (Å²) in [6, 6.07) is 8.16. The standard InChI is InChI=1S/C20H20FN5O2S/c1-11-15-9-16(17(27)23-20(3,4)19-22-12(2)28-25-19)29-18(15)26(24-11)10-13-5-7-14(21)8-6-13/h5-9H,10H2,1-4H3,(H,23,27). The monoisotopic (exact) mass is 413 g/mol. The lowest BCUT2D eigenvalue weighted by atomic mass is 10.0. The first kappa shape index (κ1) is 19.3. The Morgan fingerprint density at radius 1 is 1.28 bits per heavy atom. The van der Waals surface area contributed by atoms with E-state index in [1.807, 2.05) is 31.5 Å². The fourth-order valence-corrected chi connectivity index (χ4v) is 4.11. The lowest BCUT2D eigenvalue weighted by Gasteiger charge is -2.21. The number of nitrogens with one attached hydrogen (secondary N) is 1. The van der Waals surface area contributed by atoms with Crippen LogP contribution in [0.15, 0.2) is 34.9 Å². The van der Waals surface area contributed by atoms with Crippen molar-refractivity contribution in [2.24, 2.45) is 0 Å². The van der Waals surface area contributed by atoms with E-state index in [-0.39, 0.29) is 11.7 Å². The minimum atomic E-state index is -0.778. The molecule has 7 nitrogen and oxygen atoms in total. The zero-order valence-electron chi connectivity index (χ0n) is 16.5. The van der Waals surface area contributed by atoms with E-state index in [1.165, 1.54) is 23.5 Å². The van der Waals surface area contributed by atoms with Crippen molar-refractivity contribution in [1.29, 1.82) is 0 Å². The quantitative estimate of drug-likeness (QED) is 0.535. The van der Waals surface area contributed by atoms with Crippen LogP contribution in [0.3, 0.4) is 0 Å². The third-order valence-electron chi connectivity index (χ3n) is 4.59. The molecule has 29 heavy (non-hydrogen) atoms. The van der Waals surface area contributed by atoms with Crippen molar-refractivity contribution in [3.8, 4) is 0 Å². The first-order valence-electron chi connectivity index (χ1n) is 9.07. The number of hydrogen-bond donors (Lipinski definition) is 1. The maximum atomic E-state index is 13.2. The van der Waals surface area contributed by atoms with Gasteiger partial charge in [0.05, 0.1) is 22.7 Å². The zero-order chi connectivity index (χ0) is 20.8. The van der Waals surface area contributed by atoms with E-state index in [1.54, 1.807) is 19.1 Å². The van der Waals surface area contributed by atoms with Crippen LogP contribution in [0, 0.1) is 19.7 Å². The van der Waals surface area contributed by atoms with Gasteiger partial charge in [0.25, 0.3) is 5.91 Å². The fraction of sp³-hybridized carbons (Fsp3) is 0.300. The van der Waals surface area contributed by atoms with Crippen molar-refractivity contribution in [2.75, 3.05) is 0 Å². The van der Waals surface area contributed by atoms with E-state index in [0.29, 0.717) is 23.1 Å². The normalized spacial score (nSPS) is 11.9. The van der Waals surface area contributed by atoms with Gasteiger partial charge in [0.2, 0.25) is 5.89 Å². The summed E-state index contributed by atoms with van der Waals surface area (Å²) in [4.78, 5) is 18.5. The number of rotatable bonds is 5. The summed E-state index contributed by atoms with van der Waals surface area (Å²) in [7, 11) is 0. The van der Waals surface area contributed by atoms with Gasteiger partial charge in [-0.15, -0.1) is 11.3 Å². The number of aromatic nitrogens is 4. The molecule has 0 atom stereocenters. The molecule has 4 rings (SSSR count). The van der Waals surface area contributed by atoms with Crippen LogP contribution in [0.5, 0.6) is 0 Å². The van der Waals surface area contributed by atoms with Crippen LogP contribution < -0.4 is 5.32 Å². The largest absolute Gasteiger partial charge is 0.340 e. The summed E-state index contributed by atoms with van der Waals surface area (Å²) < 4.78 is 20.0. The Bertz CT molecular complexity index is 1190. The number of hydrogen-bond acceptors (Lipinski definition) is 6. The van der Waals surface area contributed by atoms with Gasteiger partial charge in [0.15, 0.2) is 5.82 Å². The van der Waals surface area contributed by atoms with Gasteiger partial charge in [-0.05, 0) is 44.5 Å². The third kappa shape index (κ3) is 3.77. The van der Waals surface area contributed by atoms with Crippen molar-refractivity contribution in [2.45, 2.75) is 39.8 Å². The van der Waals surface area contributed by atoms with E-state index in [9.17, 15) is 9.18 Å². The average molecular weight is 413 g/mol. The molecule has 0 radical (unpaired) electrons. The Balaban J connectivity index is 1.60. The predicted molar refractivity (Wildman–Crippen MR) is 107 cm³/mol. The van der Waals surface area contributed by atoms with Gasteiger partial charge in [-0.1, -0.05) is 17.3 Å². The zero-order valence-corrected chi connectivity index (χ0v) is 17.3. The van der Waals surface area contributed by atoms with E-state index in [4.69, 9.17) is 4.52 Å². The second-order valence-corrected chi connectivity index (χ2v) is 8.45. The number of benzene rings is 1. The molecule has 150 valence electrons. The highest BCUT2D eigenvalue weighted by atomic mass is 32.1. The maximum absolute atomic E-state index is 13.2. The molecule has 4 aromatic rings. The molecule has 1 amide bonds. The minimum absolute atomic E-state index is 0.216. The third-order valence-corrected chi connectivity index (χ3v) is 5.74. The smallest absolute Gasteiger partial charge is 0.262 e. The molecule has 3 aromatic heterocycles. The Morgan fingerprint density at radius 2 is 2.00 bits per heavy atom. The van der Waals surface area contributed by atoms with Crippen molar-refractivity contribution >= 4 is 27.5 Å². The van der Waals surface area contributed by atoms with Gasteiger partial charge >= 0.3 is 0 Å². The van der Waals surface area contributed by atoms with Crippen LogP contribution in [-0.2, 0) is 12.1 Å². The molecule has 0 spiro atoms. The highest BCUT2D eigenvalue weighted by Crippen LogP contribution is 2.30. The number of nitrogens with zero attached hydrogens (tertiary/aromatic N) is 4. The lowest BCUT2D eigenvalue weighted by Crippen LogP contribution is -2.41. The first-order valence-corrected chi connectivity index (χ1v) is 9.89. The topological polar surface area (TPSA) is 85.8 Å². The van der Waals surface area contributed by atoms with E-state index in [0.717, 1.165) is 21.5 Å². The number of thiophene rings is 1. The summed E-state index contributed by atoms with van der Waals surface area (Å²) in [6.45, 7) is 7.76. The average Bonchev–Trinajstić information content (AvgIpc) is 3.35. The van der Waals surface area contributed by atoms with Crippen LogP contribution in [0.1, 0.15) is 46.5 Å². The number of carbonyl (C=O) groups excluding carboxylic acids is 1. The predicted octanol–water partition coefficient (Wildman–Crippen LogP) is 3.95. The second kappa shape index (κ2) is 7.07. The molecule has 0 fully saturated rings. The van der Waals surface area contributed by atoms with Gasteiger partial charge in [0.1, 0.15) is 10.6 Å². The molecule has 0 saturated heterocycles. The molecular weight excluding hydrogens is 393 g/mol. The van der Waals surface area contributed by atoms with Crippen molar-refractivity contribution < 1.29 is 13.7 Å². The summed E-state index contributed by atoms with van der Waals surface area (Å²) in [5.74, 6) is 0.375. The minimum Gasteiger partial charge on any atom is -0.340 e. The second-order valence-electron chi connectivity index (χ2n) is 7.42. The van der Waals surface area contributed by atoms with Crippen LogP contribution >= 0.6 is 11.3 Å². The molecule has 1 aromatic carbocycles. The Morgan fingerprint density at radius 3 is 2.66 bits per heavy atom. The molecule has 0 aliphatic carbocycles. The molecule has 0 saturated carbocycles. The van der Waals surface area contributed by atoms with Crippen LogP contribution in [0.4, 0.5) is 4.39 Å². The summed E-state index contributed by atoms with van der Waals surface area (Å²) in [5, 5.41) is 12.4. The van der Waals surface area contributed by atoms with Crippen LogP contribution in [0.25, 0.3) is 10.2 Å². The van der Waals surface area contributed by atoms with E-state index < -0.39 is 5.54 Å². The fourth-order valence-electron chi connectivity index (χ4n) is 3.05. The summed E-state index contributed by atoms with van der Waals surface area (Å²) in [5.41, 5.74) is 0.995. The number of aryl methyl sites for hydroxylation is 2. The lowest BCUT2D eigenvalue weighted by molar-refractivity contribution is 0.0911. The highest BCUT2D eigenvalue weighted by molar-refractivity contribution is 7.20. The molecule has 0 aliphatic rings. The van der Waals surface area contributed by atoms with E-state index in [2.05, 4.69) is 20.6 Å².